The Kier molecular flexibility index (Phi) is 6.94. The first kappa shape index (κ1) is 22.6. The Balaban J connectivity index is 1.72. The summed E-state index contributed by atoms with van der Waals surface area (Å²) in [6, 6.07) is 10.7. The van der Waals surface area contributed by atoms with Crippen molar-refractivity contribution >= 4 is 24.0 Å². The molecule has 0 bridgehead atoms. The quantitative estimate of drug-likeness (QED) is 0.576. The number of imide groups is 1. The average molecular weight is 432 g/mol. The molecule has 0 aliphatic rings. The fourth-order valence-electron chi connectivity index (χ4n) is 3.23. The second kappa shape index (κ2) is 9.82. The lowest BCUT2D eigenvalue weighted by Crippen LogP contribution is -2.26. The molecule has 0 atom stereocenters. The van der Waals surface area contributed by atoms with E-state index in [2.05, 4.69) is 15.3 Å². The minimum atomic E-state index is -0.410. The van der Waals surface area contributed by atoms with Gasteiger partial charge in [-0.3, -0.25) is 24.3 Å². The van der Waals surface area contributed by atoms with E-state index in [1.165, 1.54) is 7.05 Å². The van der Waals surface area contributed by atoms with Crippen molar-refractivity contribution in [3.05, 3.63) is 71.0 Å². The number of carbonyl (C=O) groups is 3. The Morgan fingerprint density at radius 3 is 2.47 bits per heavy atom. The van der Waals surface area contributed by atoms with Crippen molar-refractivity contribution in [3.63, 3.8) is 0 Å². The van der Waals surface area contributed by atoms with E-state index in [1.807, 2.05) is 31.2 Å². The molecule has 8 nitrogen and oxygen atoms in total. The van der Waals surface area contributed by atoms with Crippen LogP contribution >= 0.6 is 0 Å². The summed E-state index contributed by atoms with van der Waals surface area (Å²) in [5.74, 6) is 0.408. The SMILES string of the molecule is COc1ccc(-c2ccc(NC(=O)Cc3cc(C)cc(C(=O)N(C)C=O)c3C)nc2)nc1. The fraction of sp³-hybridized carbons (Fsp3) is 0.208. The van der Waals surface area contributed by atoms with Gasteiger partial charge in [0, 0.05) is 24.4 Å². The van der Waals surface area contributed by atoms with Crippen LogP contribution in [-0.4, -0.2) is 47.2 Å². The van der Waals surface area contributed by atoms with Crippen molar-refractivity contribution in [3.8, 4) is 17.0 Å². The van der Waals surface area contributed by atoms with Crippen LogP contribution in [0.2, 0.25) is 0 Å². The number of nitrogens with one attached hydrogen (secondary N) is 1. The van der Waals surface area contributed by atoms with E-state index in [9.17, 15) is 14.4 Å². The Hall–Kier alpha value is -4.07. The van der Waals surface area contributed by atoms with Crippen molar-refractivity contribution in [2.24, 2.45) is 0 Å². The number of nitrogens with zero attached hydrogens (tertiary/aromatic N) is 3. The molecule has 0 aliphatic carbocycles. The van der Waals surface area contributed by atoms with Crippen molar-refractivity contribution < 1.29 is 19.1 Å². The van der Waals surface area contributed by atoms with Gasteiger partial charge in [-0.25, -0.2) is 4.98 Å². The maximum Gasteiger partial charge on any atom is 0.260 e. The predicted molar refractivity (Wildman–Crippen MR) is 120 cm³/mol. The number of pyridine rings is 2. The van der Waals surface area contributed by atoms with E-state index >= 15 is 0 Å². The van der Waals surface area contributed by atoms with Gasteiger partial charge in [-0.05, 0) is 55.3 Å². The summed E-state index contributed by atoms with van der Waals surface area (Å²) in [6.45, 7) is 3.61. The summed E-state index contributed by atoms with van der Waals surface area (Å²) in [6.07, 6.45) is 3.80. The van der Waals surface area contributed by atoms with Gasteiger partial charge in [-0.1, -0.05) is 11.6 Å². The molecule has 0 spiro atoms. The second-order valence-electron chi connectivity index (χ2n) is 7.36. The van der Waals surface area contributed by atoms with Crippen LogP contribution in [0.4, 0.5) is 5.82 Å². The Morgan fingerprint density at radius 2 is 1.88 bits per heavy atom. The Morgan fingerprint density at radius 1 is 1.09 bits per heavy atom. The van der Waals surface area contributed by atoms with Crippen LogP contribution < -0.4 is 10.1 Å². The highest BCUT2D eigenvalue weighted by Gasteiger charge is 2.18. The molecule has 1 aromatic carbocycles. The summed E-state index contributed by atoms with van der Waals surface area (Å²) in [7, 11) is 2.98. The van der Waals surface area contributed by atoms with E-state index in [1.54, 1.807) is 38.6 Å². The van der Waals surface area contributed by atoms with E-state index in [-0.39, 0.29) is 12.3 Å². The van der Waals surface area contributed by atoms with Crippen molar-refractivity contribution in [2.75, 3.05) is 19.5 Å². The number of ether oxygens (including phenoxy) is 1. The van der Waals surface area contributed by atoms with Gasteiger partial charge in [0.1, 0.15) is 11.6 Å². The molecule has 3 amide bonds. The van der Waals surface area contributed by atoms with Gasteiger partial charge in [0.15, 0.2) is 0 Å². The van der Waals surface area contributed by atoms with Gasteiger partial charge in [0.25, 0.3) is 5.91 Å². The number of carbonyl (C=O) groups excluding carboxylic acids is 3. The topological polar surface area (TPSA) is 101 Å². The number of aryl methyl sites for hydroxylation is 1. The number of aromatic nitrogens is 2. The first-order valence-corrected chi connectivity index (χ1v) is 9.91. The molecule has 8 heteroatoms. The lowest BCUT2D eigenvalue weighted by molar-refractivity contribution is -0.116. The van der Waals surface area contributed by atoms with Gasteiger partial charge in [-0.15, -0.1) is 0 Å². The van der Waals surface area contributed by atoms with E-state index in [0.29, 0.717) is 34.7 Å². The van der Waals surface area contributed by atoms with Gasteiger partial charge < -0.3 is 10.1 Å². The van der Waals surface area contributed by atoms with Crippen LogP contribution in [0.1, 0.15) is 27.0 Å². The molecule has 0 unspecified atom stereocenters. The summed E-state index contributed by atoms with van der Waals surface area (Å²) >= 11 is 0. The number of hydrogen-bond donors (Lipinski definition) is 1. The first-order chi connectivity index (χ1) is 15.3. The highest BCUT2D eigenvalue weighted by Crippen LogP contribution is 2.21. The Bertz CT molecular complexity index is 1140. The second-order valence-corrected chi connectivity index (χ2v) is 7.36. The van der Waals surface area contributed by atoms with Crippen LogP contribution in [0.5, 0.6) is 5.75 Å². The summed E-state index contributed by atoms with van der Waals surface area (Å²) in [5, 5.41) is 2.77. The van der Waals surface area contributed by atoms with Crippen LogP contribution in [0.15, 0.2) is 48.8 Å². The maximum atomic E-state index is 12.6. The summed E-state index contributed by atoms with van der Waals surface area (Å²) < 4.78 is 5.11. The smallest absolute Gasteiger partial charge is 0.260 e. The molecule has 0 fully saturated rings. The van der Waals surface area contributed by atoms with Gasteiger partial charge in [-0.2, -0.15) is 0 Å². The maximum absolute atomic E-state index is 12.6. The van der Waals surface area contributed by atoms with E-state index in [4.69, 9.17) is 4.74 Å². The average Bonchev–Trinajstić information content (AvgIpc) is 2.80. The zero-order chi connectivity index (χ0) is 23.3. The third-order valence-electron chi connectivity index (χ3n) is 5.02. The summed E-state index contributed by atoms with van der Waals surface area (Å²) in [4.78, 5) is 45.6. The van der Waals surface area contributed by atoms with E-state index in [0.717, 1.165) is 21.7 Å². The molecule has 3 aromatic rings. The highest BCUT2D eigenvalue weighted by atomic mass is 16.5. The monoisotopic (exact) mass is 432 g/mol. The fourth-order valence-corrected chi connectivity index (χ4v) is 3.23. The molecule has 0 radical (unpaired) electrons. The third-order valence-corrected chi connectivity index (χ3v) is 5.02. The zero-order valence-corrected chi connectivity index (χ0v) is 18.4. The lowest BCUT2D eigenvalue weighted by atomic mass is 9.96. The van der Waals surface area contributed by atoms with Gasteiger partial charge in [0.05, 0.1) is 25.4 Å². The number of methoxy groups -OCH3 is 1. The molecular weight excluding hydrogens is 408 g/mol. The molecule has 0 saturated heterocycles. The van der Waals surface area contributed by atoms with E-state index < -0.39 is 5.91 Å². The minimum absolute atomic E-state index is 0.0715. The number of hydrogen-bond acceptors (Lipinski definition) is 6. The minimum Gasteiger partial charge on any atom is -0.495 e. The normalized spacial score (nSPS) is 10.4. The van der Waals surface area contributed by atoms with Crippen LogP contribution in [0, 0.1) is 13.8 Å². The largest absolute Gasteiger partial charge is 0.495 e. The number of rotatable bonds is 7. The van der Waals surface area contributed by atoms with Crippen molar-refractivity contribution in [2.45, 2.75) is 20.3 Å². The molecule has 0 saturated carbocycles. The third kappa shape index (κ3) is 5.15. The number of anilines is 1. The summed E-state index contributed by atoms with van der Waals surface area (Å²) in [5.41, 5.74) is 4.15. The number of benzene rings is 1. The molecule has 32 heavy (non-hydrogen) atoms. The van der Waals surface area contributed by atoms with Gasteiger partial charge >= 0.3 is 0 Å². The zero-order valence-electron chi connectivity index (χ0n) is 18.4. The molecule has 3 rings (SSSR count). The Labute approximate surface area is 186 Å². The highest BCUT2D eigenvalue weighted by molar-refractivity contribution is 6.01. The standard InChI is InChI=1S/C24H24N4O4/c1-15-9-18(16(2)20(10-15)24(31)28(3)14-29)11-23(30)27-22-8-5-17(12-26-22)21-7-6-19(32-4)13-25-21/h5-10,12-14H,11H2,1-4H3,(H,26,27,30). The van der Waals surface area contributed by atoms with Gasteiger partial charge in [0.2, 0.25) is 12.3 Å². The first-order valence-electron chi connectivity index (χ1n) is 9.91. The molecule has 0 aliphatic heterocycles. The molecule has 164 valence electrons. The van der Waals surface area contributed by atoms with Crippen LogP contribution in [0.3, 0.4) is 0 Å². The van der Waals surface area contributed by atoms with Crippen LogP contribution in [-0.2, 0) is 16.0 Å². The van der Waals surface area contributed by atoms with Crippen molar-refractivity contribution in [1.82, 2.24) is 14.9 Å². The molecular formula is C24H24N4O4. The molecule has 2 aromatic heterocycles. The molecule has 1 N–H and O–H groups in total. The number of amides is 3. The predicted octanol–water partition coefficient (Wildman–Crippen LogP) is 3.18. The molecule has 2 heterocycles. The van der Waals surface area contributed by atoms with Crippen LogP contribution in [0.25, 0.3) is 11.3 Å². The lowest BCUT2D eigenvalue weighted by Gasteiger charge is -2.15. The van der Waals surface area contributed by atoms with Crippen molar-refractivity contribution in [1.29, 1.82) is 0 Å².